The molecule has 1 unspecified atom stereocenters. The summed E-state index contributed by atoms with van der Waals surface area (Å²) in [4.78, 5) is 22.5. The highest BCUT2D eigenvalue weighted by Crippen LogP contribution is 2.21. The summed E-state index contributed by atoms with van der Waals surface area (Å²) in [7, 11) is 0. The summed E-state index contributed by atoms with van der Waals surface area (Å²) < 4.78 is 0. The van der Waals surface area contributed by atoms with Gasteiger partial charge in [-0.25, -0.2) is 9.97 Å². The van der Waals surface area contributed by atoms with E-state index in [2.05, 4.69) is 35.9 Å². The Morgan fingerprint density at radius 3 is 3.05 bits per heavy atom. The van der Waals surface area contributed by atoms with Crippen LogP contribution in [0.25, 0.3) is 0 Å². The van der Waals surface area contributed by atoms with Gasteiger partial charge in [0, 0.05) is 18.9 Å². The van der Waals surface area contributed by atoms with Crippen LogP contribution in [0.3, 0.4) is 0 Å². The van der Waals surface area contributed by atoms with Gasteiger partial charge in [-0.2, -0.15) is 5.21 Å². The van der Waals surface area contributed by atoms with Crippen molar-refractivity contribution in [3.05, 3.63) is 24.3 Å². The molecule has 1 fully saturated rings. The maximum atomic E-state index is 12.2. The van der Waals surface area contributed by atoms with Crippen molar-refractivity contribution >= 4 is 11.9 Å². The number of hydrogen-bond donors (Lipinski definition) is 2. The number of tetrazole rings is 1. The largest absolute Gasteiger partial charge is 0.347 e. The van der Waals surface area contributed by atoms with Crippen molar-refractivity contribution in [3.63, 3.8) is 0 Å². The lowest BCUT2D eigenvalue weighted by molar-refractivity contribution is -0.122. The normalized spacial score (nSPS) is 18.2. The first-order valence-electron chi connectivity index (χ1n) is 6.38. The Balaban J connectivity index is 1.64. The summed E-state index contributed by atoms with van der Waals surface area (Å²) >= 11 is 0. The second-order valence-electron chi connectivity index (χ2n) is 4.45. The number of hydrogen-bond acceptors (Lipinski definition) is 7. The number of nitrogens with one attached hydrogen (secondary N) is 2. The number of H-pyrrole nitrogens is 1. The predicted octanol–water partition coefficient (Wildman–Crippen LogP) is -0.725. The highest BCUT2D eigenvalue weighted by molar-refractivity contribution is 5.85. The second-order valence-corrected chi connectivity index (χ2v) is 4.45. The molecule has 0 radical (unpaired) electrons. The van der Waals surface area contributed by atoms with Crippen LogP contribution in [-0.4, -0.2) is 49.1 Å². The van der Waals surface area contributed by atoms with Crippen molar-refractivity contribution in [1.82, 2.24) is 35.9 Å². The third-order valence-electron chi connectivity index (χ3n) is 3.17. The minimum Gasteiger partial charge on any atom is -0.347 e. The van der Waals surface area contributed by atoms with Gasteiger partial charge in [-0.05, 0) is 18.9 Å². The number of rotatable bonds is 4. The molecule has 0 aliphatic carbocycles. The highest BCUT2D eigenvalue weighted by Gasteiger charge is 2.32. The Kier molecular flexibility index (Phi) is 3.48. The maximum Gasteiger partial charge on any atom is 0.243 e. The fraction of sp³-hybridized carbons (Fsp3) is 0.455. The Bertz CT molecular complexity index is 557. The molecule has 20 heavy (non-hydrogen) atoms. The van der Waals surface area contributed by atoms with Crippen LogP contribution in [0, 0.1) is 0 Å². The fourth-order valence-electron chi connectivity index (χ4n) is 2.26. The second kappa shape index (κ2) is 5.59. The molecule has 0 bridgehead atoms. The zero-order valence-corrected chi connectivity index (χ0v) is 10.7. The van der Waals surface area contributed by atoms with Crippen LogP contribution >= 0.6 is 0 Å². The van der Waals surface area contributed by atoms with E-state index in [9.17, 15) is 4.79 Å². The summed E-state index contributed by atoms with van der Waals surface area (Å²) in [6.07, 6.45) is 5.08. The Morgan fingerprint density at radius 2 is 2.30 bits per heavy atom. The van der Waals surface area contributed by atoms with Gasteiger partial charge in [-0.3, -0.25) is 4.79 Å². The molecular formula is C11H14N8O. The quantitative estimate of drug-likeness (QED) is 0.756. The molecule has 1 aliphatic heterocycles. The summed E-state index contributed by atoms with van der Waals surface area (Å²) in [6, 6.07) is 1.51. The van der Waals surface area contributed by atoms with E-state index < -0.39 is 0 Å². The lowest BCUT2D eigenvalue weighted by atomic mass is 10.2. The van der Waals surface area contributed by atoms with Crippen molar-refractivity contribution < 1.29 is 4.79 Å². The monoisotopic (exact) mass is 274 g/mol. The number of carbonyl (C=O) groups is 1. The van der Waals surface area contributed by atoms with E-state index in [-0.39, 0.29) is 18.5 Å². The molecule has 1 saturated heterocycles. The van der Waals surface area contributed by atoms with E-state index in [1.807, 2.05) is 4.90 Å². The van der Waals surface area contributed by atoms with Crippen molar-refractivity contribution in [2.75, 3.05) is 11.4 Å². The topological polar surface area (TPSA) is 113 Å². The summed E-state index contributed by atoms with van der Waals surface area (Å²) in [5.41, 5.74) is 0. The van der Waals surface area contributed by atoms with Gasteiger partial charge in [0.2, 0.25) is 11.9 Å². The van der Waals surface area contributed by atoms with Gasteiger partial charge in [0.25, 0.3) is 0 Å². The van der Waals surface area contributed by atoms with E-state index >= 15 is 0 Å². The molecule has 2 aromatic heterocycles. The predicted molar refractivity (Wildman–Crippen MR) is 68.4 cm³/mol. The summed E-state index contributed by atoms with van der Waals surface area (Å²) in [6.45, 7) is 1.04. The van der Waals surface area contributed by atoms with Crippen molar-refractivity contribution in [3.8, 4) is 0 Å². The van der Waals surface area contributed by atoms with E-state index in [0.717, 1.165) is 19.4 Å². The van der Waals surface area contributed by atoms with Crippen molar-refractivity contribution in [2.45, 2.75) is 25.4 Å². The number of carbonyl (C=O) groups excluding carboxylic acids is 1. The Labute approximate surface area is 114 Å². The Hall–Kier alpha value is -2.58. The van der Waals surface area contributed by atoms with Gasteiger partial charge in [0.1, 0.15) is 6.04 Å². The third kappa shape index (κ3) is 2.56. The third-order valence-corrected chi connectivity index (χ3v) is 3.17. The lowest BCUT2D eigenvalue weighted by Crippen LogP contribution is -2.43. The molecule has 104 valence electrons. The van der Waals surface area contributed by atoms with Crippen molar-refractivity contribution in [1.29, 1.82) is 0 Å². The van der Waals surface area contributed by atoms with Gasteiger partial charge in [0.05, 0.1) is 6.54 Å². The van der Waals surface area contributed by atoms with Gasteiger partial charge in [-0.15, -0.1) is 10.2 Å². The molecule has 2 aromatic rings. The van der Waals surface area contributed by atoms with E-state index in [4.69, 9.17) is 0 Å². The smallest absolute Gasteiger partial charge is 0.243 e. The molecule has 1 atom stereocenters. The van der Waals surface area contributed by atoms with Gasteiger partial charge < -0.3 is 10.2 Å². The number of anilines is 1. The van der Waals surface area contributed by atoms with Crippen LogP contribution in [0.15, 0.2) is 18.5 Å². The number of aromatic amines is 1. The minimum atomic E-state index is -0.246. The number of aromatic nitrogens is 6. The van der Waals surface area contributed by atoms with Gasteiger partial charge in [-0.1, -0.05) is 5.21 Å². The fourth-order valence-corrected chi connectivity index (χ4v) is 2.26. The zero-order chi connectivity index (χ0) is 13.8. The van der Waals surface area contributed by atoms with Crippen LogP contribution in [0.2, 0.25) is 0 Å². The number of amides is 1. The highest BCUT2D eigenvalue weighted by atomic mass is 16.2. The molecule has 3 rings (SSSR count). The van der Waals surface area contributed by atoms with Crippen LogP contribution in [0.1, 0.15) is 18.7 Å². The van der Waals surface area contributed by atoms with E-state index in [1.54, 1.807) is 18.5 Å². The van der Waals surface area contributed by atoms with Crippen LogP contribution < -0.4 is 10.2 Å². The first-order chi connectivity index (χ1) is 9.84. The molecule has 0 saturated carbocycles. The minimum absolute atomic E-state index is 0.0697. The molecule has 1 amide bonds. The molecule has 9 nitrogen and oxygen atoms in total. The molecule has 0 spiro atoms. The van der Waals surface area contributed by atoms with E-state index in [1.165, 1.54) is 0 Å². The zero-order valence-electron chi connectivity index (χ0n) is 10.7. The average molecular weight is 274 g/mol. The molecular weight excluding hydrogens is 260 g/mol. The van der Waals surface area contributed by atoms with E-state index in [0.29, 0.717) is 11.8 Å². The van der Waals surface area contributed by atoms with Crippen LogP contribution in [0.5, 0.6) is 0 Å². The molecule has 9 heteroatoms. The van der Waals surface area contributed by atoms with Crippen molar-refractivity contribution in [2.24, 2.45) is 0 Å². The van der Waals surface area contributed by atoms with Gasteiger partial charge >= 0.3 is 0 Å². The van der Waals surface area contributed by atoms with Gasteiger partial charge in [0.15, 0.2) is 5.82 Å². The SMILES string of the molecule is O=C(NCc1nn[nH]n1)C1CCCN1c1ncccn1. The Morgan fingerprint density at radius 1 is 1.45 bits per heavy atom. The maximum absolute atomic E-state index is 12.2. The average Bonchev–Trinajstić information content (AvgIpc) is 3.17. The summed E-state index contributed by atoms with van der Waals surface area (Å²) in [5, 5.41) is 16.2. The first kappa shape index (κ1) is 12.5. The molecule has 3 heterocycles. The van der Waals surface area contributed by atoms with Crippen LogP contribution in [0.4, 0.5) is 5.95 Å². The summed E-state index contributed by atoms with van der Waals surface area (Å²) in [5.74, 6) is 0.975. The number of nitrogens with zero attached hydrogens (tertiary/aromatic N) is 6. The van der Waals surface area contributed by atoms with Crippen LogP contribution in [-0.2, 0) is 11.3 Å². The standard InChI is InChI=1S/C11H14N8O/c20-10(14-7-9-15-17-18-16-9)8-3-1-6-19(8)11-12-4-2-5-13-11/h2,4-5,8H,1,3,6-7H2,(H,14,20)(H,15,16,17,18). The first-order valence-corrected chi connectivity index (χ1v) is 6.38. The molecule has 2 N–H and O–H groups in total. The lowest BCUT2D eigenvalue weighted by Gasteiger charge is -2.23. The molecule has 1 aliphatic rings. The molecule has 0 aromatic carbocycles.